The second kappa shape index (κ2) is 8.31. The number of alkyl halides is 2. The van der Waals surface area contributed by atoms with Gasteiger partial charge in [0, 0.05) is 6.54 Å². The number of hydrogen-bond donors (Lipinski definition) is 1. The van der Waals surface area contributed by atoms with E-state index in [4.69, 9.17) is 0 Å². The Balaban J connectivity index is 1.64. The van der Waals surface area contributed by atoms with E-state index in [0.29, 0.717) is 17.6 Å². The molecular weight excluding hydrogens is 356 g/mol. The van der Waals surface area contributed by atoms with Crippen molar-refractivity contribution < 1.29 is 13.6 Å². The van der Waals surface area contributed by atoms with Gasteiger partial charge in [0.15, 0.2) is 5.16 Å². The van der Waals surface area contributed by atoms with Crippen molar-refractivity contribution >= 4 is 28.7 Å². The number of thioether (sulfide) groups is 1. The topological polar surface area (TPSA) is 46.9 Å². The van der Waals surface area contributed by atoms with Gasteiger partial charge in [-0.05, 0) is 31.0 Å². The van der Waals surface area contributed by atoms with Crippen LogP contribution in [-0.4, -0.2) is 27.3 Å². The number of carbonyl (C=O) groups excluding carboxylic acids is 1. The molecule has 26 heavy (non-hydrogen) atoms. The molecule has 3 aromatic rings. The van der Waals surface area contributed by atoms with Crippen LogP contribution in [0.3, 0.4) is 0 Å². The molecule has 0 radical (unpaired) electrons. The van der Waals surface area contributed by atoms with Crippen LogP contribution in [-0.2, 0) is 11.2 Å². The maximum absolute atomic E-state index is 13.4. The number of amides is 1. The van der Waals surface area contributed by atoms with E-state index in [9.17, 15) is 13.6 Å². The molecule has 1 N–H and O–H groups in total. The Morgan fingerprint density at radius 2 is 1.85 bits per heavy atom. The van der Waals surface area contributed by atoms with E-state index < -0.39 is 11.8 Å². The first-order valence-electron chi connectivity index (χ1n) is 8.29. The Morgan fingerprint density at radius 1 is 1.15 bits per heavy atom. The molecule has 0 aliphatic carbocycles. The number of benzene rings is 2. The van der Waals surface area contributed by atoms with Gasteiger partial charge in [0.25, 0.3) is 0 Å². The van der Waals surface area contributed by atoms with Crippen molar-refractivity contribution in [2.45, 2.75) is 30.3 Å². The van der Waals surface area contributed by atoms with Crippen molar-refractivity contribution in [1.82, 2.24) is 14.9 Å². The van der Waals surface area contributed by atoms with E-state index in [0.717, 1.165) is 28.3 Å². The van der Waals surface area contributed by atoms with Gasteiger partial charge in [-0.15, -0.1) is 0 Å². The van der Waals surface area contributed by atoms with Gasteiger partial charge < -0.3 is 5.32 Å². The van der Waals surface area contributed by atoms with Crippen molar-refractivity contribution in [3.05, 3.63) is 60.2 Å². The fourth-order valence-electron chi connectivity index (χ4n) is 2.62. The lowest BCUT2D eigenvalue weighted by Crippen LogP contribution is -2.32. The van der Waals surface area contributed by atoms with Crippen molar-refractivity contribution in [3.63, 3.8) is 0 Å². The molecule has 1 atom stereocenters. The number of fused-ring (bicyclic) bond motifs is 1. The SMILES string of the molecule is CC(Sc1nc2ccccc2n1C(F)F)C(=O)NCCc1ccccc1. The summed E-state index contributed by atoms with van der Waals surface area (Å²) in [5, 5.41) is 2.47. The van der Waals surface area contributed by atoms with Crippen molar-refractivity contribution in [2.75, 3.05) is 6.54 Å². The van der Waals surface area contributed by atoms with Gasteiger partial charge in [0.2, 0.25) is 5.91 Å². The predicted octanol–water partition coefficient (Wildman–Crippen LogP) is 4.27. The minimum Gasteiger partial charge on any atom is -0.355 e. The first-order valence-corrected chi connectivity index (χ1v) is 9.17. The van der Waals surface area contributed by atoms with Crippen LogP contribution in [0, 0.1) is 0 Å². The molecule has 1 aromatic heterocycles. The molecule has 1 amide bonds. The zero-order chi connectivity index (χ0) is 18.5. The van der Waals surface area contributed by atoms with E-state index in [1.807, 2.05) is 30.3 Å². The lowest BCUT2D eigenvalue weighted by atomic mass is 10.1. The van der Waals surface area contributed by atoms with Crippen LogP contribution < -0.4 is 5.32 Å². The highest BCUT2D eigenvalue weighted by molar-refractivity contribution is 8.00. The summed E-state index contributed by atoms with van der Waals surface area (Å²) in [6.07, 6.45) is 0.722. The molecular formula is C19H19F2N3OS. The highest BCUT2D eigenvalue weighted by Crippen LogP contribution is 2.31. The number of imidazole rings is 1. The quantitative estimate of drug-likeness (QED) is 0.628. The molecule has 7 heteroatoms. The first kappa shape index (κ1) is 18.4. The molecule has 1 heterocycles. The summed E-state index contributed by atoms with van der Waals surface area (Å²) < 4.78 is 27.8. The number of nitrogens with one attached hydrogen (secondary N) is 1. The van der Waals surface area contributed by atoms with E-state index in [-0.39, 0.29) is 11.1 Å². The summed E-state index contributed by atoms with van der Waals surface area (Å²) in [5.41, 5.74) is 1.99. The van der Waals surface area contributed by atoms with Crippen LogP contribution in [0.4, 0.5) is 8.78 Å². The Labute approximate surface area is 154 Å². The van der Waals surface area contributed by atoms with Gasteiger partial charge >= 0.3 is 6.55 Å². The molecule has 0 bridgehead atoms. The summed E-state index contributed by atoms with van der Waals surface area (Å²) in [7, 11) is 0. The largest absolute Gasteiger partial charge is 0.355 e. The minimum atomic E-state index is -2.71. The number of halogens is 2. The number of hydrogen-bond acceptors (Lipinski definition) is 3. The fourth-order valence-corrected chi connectivity index (χ4v) is 3.57. The van der Waals surface area contributed by atoms with Crippen molar-refractivity contribution in [2.24, 2.45) is 0 Å². The van der Waals surface area contributed by atoms with Gasteiger partial charge in [0.05, 0.1) is 16.3 Å². The second-order valence-corrected chi connectivity index (χ2v) is 7.13. The van der Waals surface area contributed by atoms with Crippen LogP contribution in [0.15, 0.2) is 59.8 Å². The number of para-hydroxylation sites is 2. The van der Waals surface area contributed by atoms with Gasteiger partial charge in [0.1, 0.15) is 0 Å². The van der Waals surface area contributed by atoms with Gasteiger partial charge in [-0.1, -0.05) is 54.2 Å². The number of rotatable bonds is 7. The Bertz CT molecular complexity index is 883. The normalized spacial score (nSPS) is 12.5. The maximum atomic E-state index is 13.4. The highest BCUT2D eigenvalue weighted by Gasteiger charge is 2.22. The summed E-state index contributed by atoms with van der Waals surface area (Å²) in [5.74, 6) is -0.196. The van der Waals surface area contributed by atoms with Crippen LogP contribution in [0.5, 0.6) is 0 Å². The predicted molar refractivity (Wildman–Crippen MR) is 99.5 cm³/mol. The second-order valence-electron chi connectivity index (χ2n) is 5.82. The lowest BCUT2D eigenvalue weighted by molar-refractivity contribution is -0.120. The average Bonchev–Trinajstić information content (AvgIpc) is 3.00. The van der Waals surface area contributed by atoms with Crippen LogP contribution in [0.1, 0.15) is 19.0 Å². The highest BCUT2D eigenvalue weighted by atomic mass is 32.2. The molecule has 2 aromatic carbocycles. The Morgan fingerprint density at radius 3 is 2.58 bits per heavy atom. The zero-order valence-corrected chi connectivity index (χ0v) is 15.0. The average molecular weight is 375 g/mol. The molecule has 4 nitrogen and oxygen atoms in total. The summed E-state index contributed by atoms with van der Waals surface area (Å²) >= 11 is 1.04. The third kappa shape index (κ3) is 4.22. The van der Waals surface area contributed by atoms with Crippen LogP contribution in [0.2, 0.25) is 0 Å². The number of nitrogens with zero attached hydrogens (tertiary/aromatic N) is 2. The van der Waals surface area contributed by atoms with Crippen LogP contribution >= 0.6 is 11.8 Å². The summed E-state index contributed by atoms with van der Waals surface area (Å²) in [4.78, 5) is 16.5. The minimum absolute atomic E-state index is 0.145. The maximum Gasteiger partial charge on any atom is 0.321 e. The Hall–Kier alpha value is -2.41. The third-order valence-corrected chi connectivity index (χ3v) is 5.03. The van der Waals surface area contributed by atoms with Gasteiger partial charge in [-0.25, -0.2) is 4.98 Å². The fraction of sp³-hybridized carbons (Fsp3) is 0.263. The standard InChI is InChI=1S/C19H19F2N3OS/c1-13(17(25)22-12-11-14-7-3-2-4-8-14)26-19-23-15-9-5-6-10-16(15)24(19)18(20)21/h2-10,13,18H,11-12H2,1H3,(H,22,25). The van der Waals surface area contributed by atoms with Crippen molar-refractivity contribution in [3.8, 4) is 0 Å². The smallest absolute Gasteiger partial charge is 0.321 e. The first-order chi connectivity index (χ1) is 12.6. The molecule has 0 aliphatic heterocycles. The van der Waals surface area contributed by atoms with E-state index >= 15 is 0 Å². The van der Waals surface area contributed by atoms with Crippen molar-refractivity contribution in [1.29, 1.82) is 0 Å². The van der Waals surface area contributed by atoms with Gasteiger partial charge in [-0.3, -0.25) is 9.36 Å². The molecule has 1 unspecified atom stereocenters. The number of carbonyl (C=O) groups is 1. The van der Waals surface area contributed by atoms with Crippen LogP contribution in [0.25, 0.3) is 11.0 Å². The summed E-state index contributed by atoms with van der Waals surface area (Å²) in [6.45, 7) is -0.519. The summed E-state index contributed by atoms with van der Waals surface area (Å²) in [6, 6.07) is 16.6. The molecule has 136 valence electrons. The van der Waals surface area contributed by atoms with E-state index in [2.05, 4.69) is 10.3 Å². The monoisotopic (exact) mass is 375 g/mol. The van der Waals surface area contributed by atoms with Gasteiger partial charge in [-0.2, -0.15) is 8.78 Å². The molecule has 0 saturated carbocycles. The number of aromatic nitrogens is 2. The third-order valence-electron chi connectivity index (χ3n) is 3.97. The molecule has 0 fully saturated rings. The molecule has 0 saturated heterocycles. The Kier molecular flexibility index (Phi) is 5.88. The lowest BCUT2D eigenvalue weighted by Gasteiger charge is -2.13. The molecule has 0 aliphatic rings. The molecule has 0 spiro atoms. The zero-order valence-electron chi connectivity index (χ0n) is 14.2. The van der Waals surface area contributed by atoms with E-state index in [1.54, 1.807) is 31.2 Å². The van der Waals surface area contributed by atoms with E-state index in [1.165, 1.54) is 0 Å². The molecule has 3 rings (SSSR count).